The zero-order chi connectivity index (χ0) is 18.3. The van der Waals surface area contributed by atoms with Gasteiger partial charge in [-0.2, -0.15) is 0 Å². The second-order valence-corrected chi connectivity index (χ2v) is 5.89. The summed E-state index contributed by atoms with van der Waals surface area (Å²) >= 11 is 0. The van der Waals surface area contributed by atoms with Crippen LogP contribution in [-0.4, -0.2) is 25.2 Å². The lowest BCUT2D eigenvalue weighted by atomic mass is 9.80. The summed E-state index contributed by atoms with van der Waals surface area (Å²) in [4.78, 5) is 24.8. The molecule has 0 amide bonds. The summed E-state index contributed by atoms with van der Waals surface area (Å²) in [6.45, 7) is 9.80. The first kappa shape index (κ1) is 22.4. The van der Waals surface area contributed by atoms with Gasteiger partial charge in [-0.1, -0.05) is 50.8 Å². The van der Waals surface area contributed by atoms with Crippen LogP contribution in [0.1, 0.15) is 72.1 Å². The fraction of sp³-hybridized carbons (Fsp3) is 0.700. The number of esters is 2. The molecule has 0 radical (unpaired) electrons. The third-order valence-electron chi connectivity index (χ3n) is 3.93. The molecule has 0 spiro atoms. The van der Waals surface area contributed by atoms with Gasteiger partial charge in [-0.25, -0.2) is 0 Å². The summed E-state index contributed by atoms with van der Waals surface area (Å²) in [6.07, 6.45) is 13.1. The van der Waals surface area contributed by atoms with Crippen molar-refractivity contribution in [2.24, 2.45) is 5.41 Å². The fourth-order valence-electron chi connectivity index (χ4n) is 2.55. The third-order valence-corrected chi connectivity index (χ3v) is 3.93. The van der Waals surface area contributed by atoms with E-state index in [0.29, 0.717) is 0 Å². The quantitative estimate of drug-likeness (QED) is 0.194. The lowest BCUT2D eigenvalue weighted by Gasteiger charge is -2.26. The van der Waals surface area contributed by atoms with E-state index in [-0.39, 0.29) is 26.1 Å². The first-order chi connectivity index (χ1) is 11.6. The molecule has 0 aliphatic rings. The van der Waals surface area contributed by atoms with Gasteiger partial charge in [-0.05, 0) is 39.5 Å². The van der Waals surface area contributed by atoms with E-state index in [0.717, 1.165) is 12.8 Å². The third kappa shape index (κ3) is 7.80. The average Bonchev–Trinajstić information content (AvgIpc) is 2.56. The molecule has 24 heavy (non-hydrogen) atoms. The van der Waals surface area contributed by atoms with Crippen LogP contribution in [0, 0.1) is 5.41 Å². The van der Waals surface area contributed by atoms with E-state index in [1.807, 2.05) is 12.2 Å². The number of carbonyl (C=O) groups excluding carboxylic acids is 2. The average molecular weight is 338 g/mol. The molecule has 4 heteroatoms. The monoisotopic (exact) mass is 338 g/mol. The molecule has 0 rings (SSSR count). The van der Waals surface area contributed by atoms with Crippen LogP contribution in [0.25, 0.3) is 0 Å². The number of hydrogen-bond donors (Lipinski definition) is 0. The summed E-state index contributed by atoms with van der Waals surface area (Å²) in [6, 6.07) is 0. The van der Waals surface area contributed by atoms with Crippen molar-refractivity contribution >= 4 is 11.9 Å². The van der Waals surface area contributed by atoms with Crippen LogP contribution in [-0.2, 0) is 19.1 Å². The van der Waals surface area contributed by atoms with Crippen LogP contribution < -0.4 is 0 Å². The molecule has 0 aromatic rings. The van der Waals surface area contributed by atoms with Crippen LogP contribution in [0.5, 0.6) is 0 Å². The Labute approximate surface area is 147 Å². The molecule has 0 aromatic carbocycles. The minimum Gasteiger partial charge on any atom is -0.465 e. The van der Waals surface area contributed by atoms with E-state index in [1.165, 1.54) is 25.7 Å². The molecule has 0 atom stereocenters. The smallest absolute Gasteiger partial charge is 0.324 e. The molecule has 138 valence electrons. The molecular formula is C20H34O4. The van der Waals surface area contributed by atoms with Gasteiger partial charge in [0.25, 0.3) is 0 Å². The van der Waals surface area contributed by atoms with Crippen LogP contribution in [0.3, 0.4) is 0 Å². The summed E-state index contributed by atoms with van der Waals surface area (Å²) in [5.41, 5.74) is -1.31. The largest absolute Gasteiger partial charge is 0.465 e. The number of unbranched alkanes of at least 4 members (excludes halogenated alkanes) is 5. The maximum Gasteiger partial charge on any atom is 0.324 e. The molecule has 4 nitrogen and oxygen atoms in total. The second-order valence-electron chi connectivity index (χ2n) is 5.89. The van der Waals surface area contributed by atoms with Crippen LogP contribution in [0.2, 0.25) is 0 Å². The van der Waals surface area contributed by atoms with E-state index < -0.39 is 17.4 Å². The Morgan fingerprint density at radius 2 is 1.46 bits per heavy atom. The van der Waals surface area contributed by atoms with Gasteiger partial charge in [0.05, 0.1) is 13.2 Å². The topological polar surface area (TPSA) is 52.6 Å². The normalized spacial score (nSPS) is 11.5. The van der Waals surface area contributed by atoms with Crippen molar-refractivity contribution < 1.29 is 19.1 Å². The van der Waals surface area contributed by atoms with Crippen molar-refractivity contribution in [3.63, 3.8) is 0 Å². The highest BCUT2D eigenvalue weighted by molar-refractivity contribution is 6.00. The maximum atomic E-state index is 12.4. The molecule has 0 aliphatic heterocycles. The first-order valence-electron chi connectivity index (χ1n) is 9.19. The minimum absolute atomic E-state index is 0.214. The Morgan fingerprint density at radius 1 is 0.875 bits per heavy atom. The molecule has 0 aliphatic carbocycles. The van der Waals surface area contributed by atoms with Gasteiger partial charge >= 0.3 is 11.9 Å². The molecule has 0 saturated heterocycles. The van der Waals surface area contributed by atoms with E-state index >= 15 is 0 Å². The van der Waals surface area contributed by atoms with Crippen LogP contribution >= 0.6 is 0 Å². The number of rotatable bonds is 14. The molecule has 0 N–H and O–H groups in total. The van der Waals surface area contributed by atoms with Crippen molar-refractivity contribution in [1.29, 1.82) is 0 Å². The Kier molecular flexibility index (Phi) is 12.9. The minimum atomic E-state index is -1.31. The Morgan fingerprint density at radius 3 is 1.96 bits per heavy atom. The molecular weight excluding hydrogens is 304 g/mol. The van der Waals surface area contributed by atoms with Gasteiger partial charge in [0, 0.05) is 0 Å². The van der Waals surface area contributed by atoms with Crippen molar-refractivity contribution in [1.82, 2.24) is 0 Å². The Hall–Kier alpha value is -1.58. The van der Waals surface area contributed by atoms with Gasteiger partial charge < -0.3 is 9.47 Å². The summed E-state index contributed by atoms with van der Waals surface area (Å²) in [5.74, 6) is -1.06. The lowest BCUT2D eigenvalue weighted by molar-refractivity contribution is -0.171. The van der Waals surface area contributed by atoms with Crippen molar-refractivity contribution in [3.05, 3.63) is 24.8 Å². The predicted molar refractivity (Wildman–Crippen MR) is 97.6 cm³/mol. The van der Waals surface area contributed by atoms with Gasteiger partial charge in [0.1, 0.15) is 0 Å². The van der Waals surface area contributed by atoms with E-state index in [4.69, 9.17) is 9.47 Å². The molecule has 0 saturated carbocycles. The summed E-state index contributed by atoms with van der Waals surface area (Å²) in [5, 5.41) is 0. The standard InChI is InChI=1S/C20H34O4/c1-5-9-10-11-12-13-14-15-17-20(16-6-2,18(21)23-7-3)19(22)24-8-4/h6,14-15H,2,5,7-13,16-17H2,1,3-4H3/b15-14+. The van der Waals surface area contributed by atoms with Crippen molar-refractivity contribution in [2.45, 2.75) is 72.1 Å². The van der Waals surface area contributed by atoms with Crippen molar-refractivity contribution in [2.75, 3.05) is 13.2 Å². The number of ether oxygens (including phenoxy) is 2. The van der Waals surface area contributed by atoms with Gasteiger partial charge in [-0.15, -0.1) is 6.58 Å². The maximum absolute atomic E-state index is 12.4. The van der Waals surface area contributed by atoms with Gasteiger partial charge in [0.15, 0.2) is 5.41 Å². The van der Waals surface area contributed by atoms with E-state index in [1.54, 1.807) is 19.9 Å². The molecule has 0 aromatic heterocycles. The van der Waals surface area contributed by atoms with Gasteiger partial charge in [0.2, 0.25) is 0 Å². The van der Waals surface area contributed by atoms with E-state index in [2.05, 4.69) is 13.5 Å². The zero-order valence-corrected chi connectivity index (χ0v) is 15.6. The molecule has 0 unspecified atom stereocenters. The van der Waals surface area contributed by atoms with Crippen molar-refractivity contribution in [3.8, 4) is 0 Å². The highest BCUT2D eigenvalue weighted by atomic mass is 16.6. The van der Waals surface area contributed by atoms with Crippen LogP contribution in [0.15, 0.2) is 24.8 Å². The summed E-state index contributed by atoms with van der Waals surface area (Å²) in [7, 11) is 0. The summed E-state index contributed by atoms with van der Waals surface area (Å²) < 4.78 is 10.3. The van der Waals surface area contributed by atoms with Gasteiger partial charge in [-0.3, -0.25) is 9.59 Å². The number of hydrogen-bond acceptors (Lipinski definition) is 4. The van der Waals surface area contributed by atoms with E-state index in [9.17, 15) is 9.59 Å². The second kappa shape index (κ2) is 13.8. The fourth-order valence-corrected chi connectivity index (χ4v) is 2.55. The SMILES string of the molecule is C=CCC(C/C=C/CCCCCCC)(C(=O)OCC)C(=O)OCC. The zero-order valence-electron chi connectivity index (χ0n) is 15.6. The molecule has 0 bridgehead atoms. The predicted octanol–water partition coefficient (Wildman–Crippen LogP) is 4.98. The Bertz CT molecular complexity index is 380. The molecule has 0 fully saturated rings. The van der Waals surface area contributed by atoms with Crippen LogP contribution in [0.4, 0.5) is 0 Å². The number of allylic oxidation sites excluding steroid dienone is 3. The first-order valence-corrected chi connectivity index (χ1v) is 9.19. The highest BCUT2D eigenvalue weighted by Crippen LogP contribution is 2.32. The number of carbonyl (C=O) groups is 2. The lowest BCUT2D eigenvalue weighted by Crippen LogP contribution is -2.41. The highest BCUT2D eigenvalue weighted by Gasteiger charge is 2.46. The Balaban J connectivity index is 4.82. The molecule has 0 heterocycles.